The van der Waals surface area contributed by atoms with Crippen LogP contribution in [0.4, 0.5) is 0 Å². The molecule has 0 fully saturated rings. The number of hydrogen-bond acceptors (Lipinski definition) is 4. The first kappa shape index (κ1) is 12.0. The Balaban J connectivity index is 3.28. The fourth-order valence-corrected chi connectivity index (χ4v) is 1.11. The second-order valence-electron chi connectivity index (χ2n) is 3.26. The first-order valence-corrected chi connectivity index (χ1v) is 4.56. The summed E-state index contributed by atoms with van der Waals surface area (Å²) >= 11 is 0. The van der Waals surface area contributed by atoms with Gasteiger partial charge in [0.25, 0.3) is 0 Å². The molecule has 0 aliphatic rings. The predicted octanol–water partition coefficient (Wildman–Crippen LogP) is 1.44. The van der Waals surface area contributed by atoms with Crippen LogP contribution in [0.15, 0.2) is 20.9 Å². The van der Waals surface area contributed by atoms with Gasteiger partial charge in [-0.2, -0.15) is 0 Å². The van der Waals surface area contributed by atoms with Crippen LogP contribution in [0.5, 0.6) is 5.75 Å². The second kappa shape index (κ2) is 4.65. The first-order chi connectivity index (χ1) is 7.45. The predicted molar refractivity (Wildman–Crippen MR) is 57.6 cm³/mol. The zero-order valence-corrected chi connectivity index (χ0v) is 9.23. The van der Waals surface area contributed by atoms with E-state index in [1.165, 1.54) is 26.2 Å². The summed E-state index contributed by atoms with van der Waals surface area (Å²) in [4.78, 5) is 21.9. The maximum absolute atomic E-state index is 11.3. The molecular weight excluding hydrogens is 212 g/mol. The molecule has 0 bridgehead atoms. The summed E-state index contributed by atoms with van der Waals surface area (Å²) in [6.07, 6.45) is 1.27. The molecule has 1 aromatic rings. The molecule has 1 N–H and O–H groups in total. The Morgan fingerprint density at radius 1 is 1.56 bits per heavy atom. The van der Waals surface area contributed by atoms with Crippen LogP contribution in [-0.4, -0.2) is 18.2 Å². The van der Waals surface area contributed by atoms with Gasteiger partial charge in [-0.25, -0.2) is 9.59 Å². The molecule has 0 aliphatic heterocycles. The van der Waals surface area contributed by atoms with E-state index in [-0.39, 0.29) is 11.3 Å². The molecule has 0 aliphatic carbocycles. The van der Waals surface area contributed by atoms with Crippen LogP contribution in [0, 0.1) is 6.92 Å². The molecule has 0 saturated heterocycles. The Bertz CT molecular complexity index is 496. The molecule has 16 heavy (non-hydrogen) atoms. The summed E-state index contributed by atoms with van der Waals surface area (Å²) < 4.78 is 9.87. The fraction of sp³-hybridized carbons (Fsp3) is 0.273. The zero-order valence-electron chi connectivity index (χ0n) is 9.23. The van der Waals surface area contributed by atoms with Gasteiger partial charge in [0.05, 0.1) is 12.7 Å². The van der Waals surface area contributed by atoms with Gasteiger partial charge in [-0.3, -0.25) is 0 Å². The highest BCUT2D eigenvalue weighted by atomic mass is 16.5. The number of carbonyl (C=O) groups is 1. The van der Waals surface area contributed by atoms with Crippen LogP contribution in [0.2, 0.25) is 0 Å². The van der Waals surface area contributed by atoms with E-state index < -0.39 is 11.6 Å². The third kappa shape index (κ3) is 2.50. The Morgan fingerprint density at radius 3 is 2.69 bits per heavy atom. The van der Waals surface area contributed by atoms with Crippen molar-refractivity contribution >= 4 is 12.0 Å². The molecule has 86 valence electrons. The highest BCUT2D eigenvalue weighted by Crippen LogP contribution is 2.17. The maximum Gasteiger partial charge on any atom is 0.342 e. The van der Waals surface area contributed by atoms with Crippen LogP contribution in [0.25, 0.3) is 6.08 Å². The number of hydrogen-bond donors (Lipinski definition) is 1. The van der Waals surface area contributed by atoms with Crippen LogP contribution >= 0.6 is 0 Å². The fourth-order valence-electron chi connectivity index (χ4n) is 1.11. The largest absolute Gasteiger partial charge is 0.496 e. The average Bonchev–Trinajstić information content (AvgIpc) is 2.22. The Morgan fingerprint density at radius 2 is 2.19 bits per heavy atom. The van der Waals surface area contributed by atoms with E-state index in [1.54, 1.807) is 6.92 Å². The van der Waals surface area contributed by atoms with Gasteiger partial charge in [0, 0.05) is 11.6 Å². The molecule has 1 heterocycles. The molecule has 1 aromatic heterocycles. The minimum atomic E-state index is -1.07. The van der Waals surface area contributed by atoms with E-state index in [4.69, 9.17) is 14.3 Å². The smallest absolute Gasteiger partial charge is 0.342 e. The molecule has 0 atom stereocenters. The molecule has 0 saturated carbocycles. The van der Waals surface area contributed by atoms with E-state index in [9.17, 15) is 9.59 Å². The Hall–Kier alpha value is -2.04. The van der Waals surface area contributed by atoms with E-state index in [0.29, 0.717) is 11.3 Å². The Labute approximate surface area is 92.0 Å². The highest BCUT2D eigenvalue weighted by molar-refractivity contribution is 5.90. The lowest BCUT2D eigenvalue weighted by Gasteiger charge is -2.03. The number of carboxylic acid groups (broad SMARTS) is 1. The van der Waals surface area contributed by atoms with Crippen LogP contribution < -0.4 is 10.4 Å². The average molecular weight is 224 g/mol. The molecule has 0 amide bonds. The van der Waals surface area contributed by atoms with Crippen molar-refractivity contribution in [1.29, 1.82) is 0 Å². The van der Waals surface area contributed by atoms with E-state index in [1.807, 2.05) is 0 Å². The molecular formula is C11H12O5. The molecule has 0 unspecified atom stereocenters. The van der Waals surface area contributed by atoms with E-state index >= 15 is 0 Å². The van der Waals surface area contributed by atoms with Gasteiger partial charge in [0.2, 0.25) is 0 Å². The van der Waals surface area contributed by atoms with Crippen LogP contribution in [0.1, 0.15) is 18.2 Å². The quantitative estimate of drug-likeness (QED) is 0.786. The minimum Gasteiger partial charge on any atom is -0.496 e. The number of rotatable bonds is 3. The number of carboxylic acids is 1. The first-order valence-electron chi connectivity index (χ1n) is 4.56. The number of aliphatic carboxylic acids is 1. The molecule has 0 aromatic carbocycles. The van der Waals surface area contributed by atoms with Crippen molar-refractivity contribution in [2.45, 2.75) is 13.8 Å². The maximum atomic E-state index is 11.3. The topological polar surface area (TPSA) is 76.7 Å². The normalized spacial score (nSPS) is 11.3. The van der Waals surface area contributed by atoms with Gasteiger partial charge in [-0.1, -0.05) is 0 Å². The highest BCUT2D eigenvalue weighted by Gasteiger charge is 2.08. The summed E-state index contributed by atoms with van der Waals surface area (Å²) in [6, 6.07) is 1.48. The van der Waals surface area contributed by atoms with Crippen molar-refractivity contribution in [3.05, 3.63) is 33.4 Å². The van der Waals surface area contributed by atoms with Gasteiger partial charge < -0.3 is 14.3 Å². The summed E-state index contributed by atoms with van der Waals surface area (Å²) in [5, 5.41) is 8.67. The third-order valence-electron chi connectivity index (χ3n) is 2.08. The molecule has 5 nitrogen and oxygen atoms in total. The minimum absolute atomic E-state index is 0.0778. The Kier molecular flexibility index (Phi) is 3.50. The molecule has 0 spiro atoms. The third-order valence-corrected chi connectivity index (χ3v) is 2.08. The SMILES string of the molecule is COc1cc(/C=C(\C)C(=O)O)oc(=O)c1C. The van der Waals surface area contributed by atoms with Gasteiger partial charge >= 0.3 is 11.6 Å². The van der Waals surface area contributed by atoms with E-state index in [0.717, 1.165) is 0 Å². The molecule has 5 heteroatoms. The molecule has 0 radical (unpaired) electrons. The standard InChI is InChI=1S/C11H12O5/c1-6(10(12)13)4-8-5-9(15-3)7(2)11(14)16-8/h4-5H,1-3H3,(H,12,13)/b6-4+. The van der Waals surface area contributed by atoms with Crippen molar-refractivity contribution in [2.75, 3.05) is 7.11 Å². The lowest BCUT2D eigenvalue weighted by atomic mass is 10.2. The van der Waals surface area contributed by atoms with Gasteiger partial charge in [-0.05, 0) is 19.9 Å². The summed E-state index contributed by atoms with van der Waals surface area (Å²) in [5.74, 6) is -0.532. The van der Waals surface area contributed by atoms with Crippen molar-refractivity contribution < 1.29 is 19.1 Å². The van der Waals surface area contributed by atoms with Crippen molar-refractivity contribution in [3.8, 4) is 5.75 Å². The number of methoxy groups -OCH3 is 1. The summed E-state index contributed by atoms with van der Waals surface area (Å²) in [5.41, 5.74) is -0.106. The van der Waals surface area contributed by atoms with Gasteiger partial charge in [0.1, 0.15) is 11.5 Å². The summed E-state index contributed by atoms with van der Waals surface area (Å²) in [7, 11) is 1.43. The molecule has 1 rings (SSSR count). The lowest BCUT2D eigenvalue weighted by Crippen LogP contribution is -2.06. The van der Waals surface area contributed by atoms with Gasteiger partial charge in [0.15, 0.2) is 0 Å². The lowest BCUT2D eigenvalue weighted by molar-refractivity contribution is -0.132. The van der Waals surface area contributed by atoms with Gasteiger partial charge in [-0.15, -0.1) is 0 Å². The zero-order chi connectivity index (χ0) is 12.3. The number of ether oxygens (including phenoxy) is 1. The van der Waals surface area contributed by atoms with Crippen molar-refractivity contribution in [3.63, 3.8) is 0 Å². The summed E-state index contributed by atoms with van der Waals surface area (Å²) in [6.45, 7) is 2.98. The monoisotopic (exact) mass is 224 g/mol. The van der Waals surface area contributed by atoms with Crippen LogP contribution in [-0.2, 0) is 4.79 Å². The van der Waals surface area contributed by atoms with E-state index in [2.05, 4.69) is 0 Å². The second-order valence-corrected chi connectivity index (χ2v) is 3.26. The van der Waals surface area contributed by atoms with Crippen LogP contribution in [0.3, 0.4) is 0 Å². The van der Waals surface area contributed by atoms with Crippen molar-refractivity contribution in [1.82, 2.24) is 0 Å². The van der Waals surface area contributed by atoms with Crippen molar-refractivity contribution in [2.24, 2.45) is 0 Å².